The van der Waals surface area contributed by atoms with Crippen LogP contribution in [-0.2, 0) is 11.3 Å². The lowest BCUT2D eigenvalue weighted by Gasteiger charge is -2.09. The van der Waals surface area contributed by atoms with Gasteiger partial charge in [-0.2, -0.15) is 0 Å². The highest BCUT2D eigenvalue weighted by atomic mass is 16.4. The fourth-order valence-electron chi connectivity index (χ4n) is 1.02. The Morgan fingerprint density at radius 1 is 1.50 bits per heavy atom. The molecule has 16 heavy (non-hydrogen) atoms. The van der Waals surface area contributed by atoms with E-state index in [1.807, 2.05) is 0 Å². The second-order valence-electron chi connectivity index (χ2n) is 3.02. The maximum Gasteiger partial charge on any atom is 0.328 e. The van der Waals surface area contributed by atoms with Crippen molar-refractivity contribution in [3.8, 4) is 0 Å². The van der Waals surface area contributed by atoms with Crippen molar-refractivity contribution >= 4 is 11.9 Å². The van der Waals surface area contributed by atoms with Gasteiger partial charge in [0.2, 0.25) is 0 Å². The number of aliphatic carboxylic acids is 1. The predicted molar refractivity (Wildman–Crippen MR) is 52.6 cm³/mol. The third-order valence-corrected chi connectivity index (χ3v) is 1.87. The van der Waals surface area contributed by atoms with Gasteiger partial charge in [-0.3, -0.25) is 4.79 Å². The zero-order chi connectivity index (χ0) is 12.1. The van der Waals surface area contributed by atoms with Crippen molar-refractivity contribution in [2.24, 2.45) is 5.73 Å². The molecular weight excluding hydrogens is 216 g/mol. The van der Waals surface area contributed by atoms with Crippen LogP contribution in [0.2, 0.25) is 0 Å². The number of rotatable bonds is 5. The number of carbonyl (C=O) groups excluding carboxylic acids is 1. The molecule has 88 valence electrons. The van der Waals surface area contributed by atoms with Gasteiger partial charge in [-0.05, 0) is 12.1 Å². The zero-order valence-electron chi connectivity index (χ0n) is 8.34. The standard InChI is InChI=1S/C9H12N2O5/c10-3-5-1-2-7(16-5)8(13)11-6(4-12)9(14)15/h1-2,6,12H,3-4,10H2,(H,11,13)(H,14,15). The average Bonchev–Trinajstić information content (AvgIpc) is 2.73. The highest BCUT2D eigenvalue weighted by Crippen LogP contribution is 2.06. The van der Waals surface area contributed by atoms with E-state index in [1.54, 1.807) is 0 Å². The van der Waals surface area contributed by atoms with Crippen LogP contribution >= 0.6 is 0 Å². The lowest BCUT2D eigenvalue weighted by atomic mass is 10.3. The molecule has 7 heteroatoms. The molecular formula is C9H12N2O5. The maximum absolute atomic E-state index is 11.4. The monoisotopic (exact) mass is 228 g/mol. The summed E-state index contributed by atoms with van der Waals surface area (Å²) < 4.78 is 5.01. The van der Waals surface area contributed by atoms with E-state index in [0.29, 0.717) is 5.76 Å². The minimum Gasteiger partial charge on any atom is -0.480 e. The lowest BCUT2D eigenvalue weighted by molar-refractivity contribution is -0.140. The van der Waals surface area contributed by atoms with Crippen LogP contribution in [0.1, 0.15) is 16.3 Å². The van der Waals surface area contributed by atoms with Gasteiger partial charge in [-0.15, -0.1) is 0 Å². The molecule has 1 atom stereocenters. The van der Waals surface area contributed by atoms with E-state index in [-0.39, 0.29) is 12.3 Å². The number of aliphatic hydroxyl groups excluding tert-OH is 1. The first-order valence-corrected chi connectivity index (χ1v) is 4.51. The third-order valence-electron chi connectivity index (χ3n) is 1.87. The van der Waals surface area contributed by atoms with Gasteiger partial charge in [0.15, 0.2) is 11.8 Å². The van der Waals surface area contributed by atoms with Crippen LogP contribution in [0.5, 0.6) is 0 Å². The Balaban J connectivity index is 2.67. The number of nitrogens with one attached hydrogen (secondary N) is 1. The Morgan fingerprint density at radius 3 is 2.62 bits per heavy atom. The van der Waals surface area contributed by atoms with Crippen LogP contribution in [0.15, 0.2) is 16.5 Å². The molecule has 0 aliphatic heterocycles. The molecule has 1 rings (SSSR count). The topological polar surface area (TPSA) is 126 Å². The normalized spacial score (nSPS) is 12.1. The number of nitrogens with two attached hydrogens (primary N) is 1. The second kappa shape index (κ2) is 5.29. The molecule has 5 N–H and O–H groups in total. The van der Waals surface area contributed by atoms with Gasteiger partial charge < -0.3 is 25.7 Å². The van der Waals surface area contributed by atoms with Gasteiger partial charge in [0.25, 0.3) is 5.91 Å². The average molecular weight is 228 g/mol. The van der Waals surface area contributed by atoms with Crippen molar-refractivity contribution in [2.75, 3.05) is 6.61 Å². The first-order chi connectivity index (χ1) is 7.58. The molecule has 0 saturated carbocycles. The number of hydrogen-bond acceptors (Lipinski definition) is 5. The third kappa shape index (κ3) is 2.81. The van der Waals surface area contributed by atoms with Crippen molar-refractivity contribution in [3.63, 3.8) is 0 Å². The summed E-state index contributed by atoms with van der Waals surface area (Å²) in [6.07, 6.45) is 0. The zero-order valence-corrected chi connectivity index (χ0v) is 8.34. The van der Waals surface area contributed by atoms with Crippen LogP contribution in [0.4, 0.5) is 0 Å². The SMILES string of the molecule is NCc1ccc(C(=O)NC(CO)C(=O)O)o1. The highest BCUT2D eigenvalue weighted by molar-refractivity contribution is 5.94. The summed E-state index contributed by atoms with van der Waals surface area (Å²) in [7, 11) is 0. The molecule has 1 aromatic rings. The van der Waals surface area contributed by atoms with Crippen LogP contribution in [-0.4, -0.2) is 34.7 Å². The summed E-state index contributed by atoms with van der Waals surface area (Å²) in [6, 6.07) is 1.55. The van der Waals surface area contributed by atoms with E-state index in [2.05, 4.69) is 5.32 Å². The van der Waals surface area contributed by atoms with Crippen LogP contribution in [0, 0.1) is 0 Å². The summed E-state index contributed by atoms with van der Waals surface area (Å²) in [5.41, 5.74) is 5.28. The molecule has 0 bridgehead atoms. The van der Waals surface area contributed by atoms with Gasteiger partial charge in [0, 0.05) is 0 Å². The Bertz CT molecular complexity index is 387. The lowest BCUT2D eigenvalue weighted by Crippen LogP contribution is -2.43. The number of furan rings is 1. The molecule has 1 unspecified atom stereocenters. The molecule has 0 spiro atoms. The molecule has 0 aliphatic rings. The summed E-state index contributed by atoms with van der Waals surface area (Å²) >= 11 is 0. The fourth-order valence-corrected chi connectivity index (χ4v) is 1.02. The number of hydrogen-bond donors (Lipinski definition) is 4. The summed E-state index contributed by atoms with van der Waals surface area (Å²) in [4.78, 5) is 22.0. The number of amides is 1. The van der Waals surface area contributed by atoms with Gasteiger partial charge in [0.05, 0.1) is 13.2 Å². The summed E-state index contributed by atoms with van der Waals surface area (Å²) in [5.74, 6) is -1.65. The summed E-state index contributed by atoms with van der Waals surface area (Å²) in [6.45, 7) is -0.541. The summed E-state index contributed by atoms with van der Waals surface area (Å²) in [5, 5.41) is 19.4. The van der Waals surface area contributed by atoms with E-state index in [4.69, 9.17) is 20.4 Å². The van der Waals surface area contributed by atoms with E-state index in [1.165, 1.54) is 12.1 Å². The molecule has 0 aromatic carbocycles. The van der Waals surface area contributed by atoms with Crippen LogP contribution in [0.25, 0.3) is 0 Å². The molecule has 7 nitrogen and oxygen atoms in total. The first-order valence-electron chi connectivity index (χ1n) is 4.51. The maximum atomic E-state index is 11.4. The van der Waals surface area contributed by atoms with E-state index >= 15 is 0 Å². The van der Waals surface area contributed by atoms with E-state index in [0.717, 1.165) is 0 Å². The molecule has 1 amide bonds. The minimum atomic E-state index is -1.35. The second-order valence-corrected chi connectivity index (χ2v) is 3.02. The Labute approximate surface area is 90.9 Å². The van der Waals surface area contributed by atoms with Crippen molar-refractivity contribution in [1.82, 2.24) is 5.32 Å². The van der Waals surface area contributed by atoms with Crippen LogP contribution in [0.3, 0.4) is 0 Å². The first kappa shape index (κ1) is 12.2. The Kier molecular flexibility index (Phi) is 4.03. The van der Waals surface area contributed by atoms with Gasteiger partial charge in [-0.1, -0.05) is 0 Å². The largest absolute Gasteiger partial charge is 0.480 e. The van der Waals surface area contributed by atoms with Gasteiger partial charge in [-0.25, -0.2) is 4.79 Å². The molecule has 1 heterocycles. The number of carboxylic acids is 1. The van der Waals surface area contributed by atoms with Crippen molar-refractivity contribution < 1.29 is 24.2 Å². The number of carbonyl (C=O) groups is 2. The van der Waals surface area contributed by atoms with Crippen LogP contribution < -0.4 is 11.1 Å². The van der Waals surface area contributed by atoms with Crippen molar-refractivity contribution in [3.05, 3.63) is 23.7 Å². The quantitative estimate of drug-likeness (QED) is 0.507. The highest BCUT2D eigenvalue weighted by Gasteiger charge is 2.21. The van der Waals surface area contributed by atoms with E-state index < -0.39 is 24.5 Å². The molecule has 0 radical (unpaired) electrons. The van der Waals surface area contributed by atoms with Crippen molar-refractivity contribution in [2.45, 2.75) is 12.6 Å². The van der Waals surface area contributed by atoms with Gasteiger partial charge in [0.1, 0.15) is 5.76 Å². The van der Waals surface area contributed by atoms with Gasteiger partial charge >= 0.3 is 5.97 Å². The minimum absolute atomic E-state index is 0.0415. The molecule has 0 saturated heterocycles. The van der Waals surface area contributed by atoms with Crippen molar-refractivity contribution in [1.29, 1.82) is 0 Å². The fraction of sp³-hybridized carbons (Fsp3) is 0.333. The smallest absolute Gasteiger partial charge is 0.328 e. The molecule has 0 fully saturated rings. The van der Waals surface area contributed by atoms with E-state index in [9.17, 15) is 9.59 Å². The Hall–Kier alpha value is -1.86. The number of aliphatic hydroxyl groups is 1. The molecule has 0 aliphatic carbocycles. The predicted octanol–water partition coefficient (Wildman–Crippen LogP) is -1.09. The molecule has 1 aromatic heterocycles. The number of carboxylic acid groups (broad SMARTS) is 1. The Morgan fingerprint density at radius 2 is 2.19 bits per heavy atom.